The lowest BCUT2D eigenvalue weighted by atomic mass is 10.1. The van der Waals surface area contributed by atoms with Crippen LogP contribution in [0.3, 0.4) is 0 Å². The number of benzene rings is 1. The quantitative estimate of drug-likeness (QED) is 0.441. The SMILES string of the molecule is CC(C)CCN=C(N)NCCc1cc(F)ccc1F.I. The van der Waals surface area contributed by atoms with Crippen molar-refractivity contribution in [3.63, 3.8) is 0 Å². The molecular formula is C14H22F2IN3. The van der Waals surface area contributed by atoms with Gasteiger partial charge in [-0.15, -0.1) is 24.0 Å². The molecule has 0 aromatic heterocycles. The zero-order valence-corrected chi connectivity index (χ0v) is 14.2. The van der Waals surface area contributed by atoms with Crippen molar-refractivity contribution in [2.75, 3.05) is 13.1 Å². The maximum atomic E-state index is 13.3. The monoisotopic (exact) mass is 397 g/mol. The minimum absolute atomic E-state index is 0. The first-order valence-corrected chi connectivity index (χ1v) is 6.46. The Labute approximate surface area is 136 Å². The molecular weight excluding hydrogens is 375 g/mol. The van der Waals surface area contributed by atoms with Crippen LogP contribution in [0.4, 0.5) is 8.78 Å². The number of nitrogens with one attached hydrogen (secondary N) is 1. The van der Waals surface area contributed by atoms with Gasteiger partial charge in [-0.25, -0.2) is 8.78 Å². The largest absolute Gasteiger partial charge is 0.370 e. The van der Waals surface area contributed by atoms with Crippen LogP contribution in [0.25, 0.3) is 0 Å². The molecule has 1 aromatic rings. The fourth-order valence-electron chi connectivity index (χ4n) is 1.56. The van der Waals surface area contributed by atoms with Crippen LogP contribution in [0.15, 0.2) is 23.2 Å². The molecule has 0 atom stereocenters. The van der Waals surface area contributed by atoms with Crippen molar-refractivity contribution in [2.24, 2.45) is 16.6 Å². The van der Waals surface area contributed by atoms with Crippen LogP contribution in [-0.2, 0) is 6.42 Å². The molecule has 0 aliphatic rings. The van der Waals surface area contributed by atoms with Crippen LogP contribution < -0.4 is 11.1 Å². The van der Waals surface area contributed by atoms with Crippen molar-refractivity contribution in [3.05, 3.63) is 35.4 Å². The average molecular weight is 397 g/mol. The molecule has 3 N–H and O–H groups in total. The lowest BCUT2D eigenvalue weighted by Gasteiger charge is -2.07. The van der Waals surface area contributed by atoms with Crippen LogP contribution in [-0.4, -0.2) is 19.0 Å². The number of rotatable bonds is 6. The van der Waals surface area contributed by atoms with E-state index in [9.17, 15) is 8.78 Å². The van der Waals surface area contributed by atoms with E-state index >= 15 is 0 Å². The van der Waals surface area contributed by atoms with Gasteiger partial charge in [0.15, 0.2) is 5.96 Å². The number of hydrogen-bond acceptors (Lipinski definition) is 1. The minimum atomic E-state index is -0.435. The highest BCUT2D eigenvalue weighted by Gasteiger charge is 2.03. The molecule has 20 heavy (non-hydrogen) atoms. The van der Waals surface area contributed by atoms with Crippen molar-refractivity contribution in [2.45, 2.75) is 26.7 Å². The molecule has 3 nitrogen and oxygen atoms in total. The van der Waals surface area contributed by atoms with E-state index in [4.69, 9.17) is 5.73 Å². The molecule has 0 radical (unpaired) electrons. The van der Waals surface area contributed by atoms with Crippen LogP contribution in [0, 0.1) is 17.6 Å². The topological polar surface area (TPSA) is 50.4 Å². The third kappa shape index (κ3) is 7.62. The molecule has 0 aliphatic carbocycles. The highest BCUT2D eigenvalue weighted by Crippen LogP contribution is 2.09. The highest BCUT2D eigenvalue weighted by molar-refractivity contribution is 14.0. The summed E-state index contributed by atoms with van der Waals surface area (Å²) in [5, 5.41) is 2.89. The van der Waals surface area contributed by atoms with Gasteiger partial charge >= 0.3 is 0 Å². The van der Waals surface area contributed by atoms with Gasteiger partial charge in [0, 0.05) is 13.1 Å². The van der Waals surface area contributed by atoms with E-state index in [0.29, 0.717) is 37.0 Å². The summed E-state index contributed by atoms with van der Waals surface area (Å²) in [5.41, 5.74) is 6.00. The van der Waals surface area contributed by atoms with E-state index in [-0.39, 0.29) is 24.0 Å². The normalized spacial score (nSPS) is 11.3. The number of halogens is 3. The van der Waals surface area contributed by atoms with Gasteiger partial charge in [0.25, 0.3) is 0 Å². The number of guanidine groups is 1. The van der Waals surface area contributed by atoms with Crippen LogP contribution >= 0.6 is 24.0 Å². The summed E-state index contributed by atoms with van der Waals surface area (Å²) >= 11 is 0. The van der Waals surface area contributed by atoms with Crippen molar-refractivity contribution in [3.8, 4) is 0 Å². The van der Waals surface area contributed by atoms with E-state index in [1.807, 2.05) is 0 Å². The molecule has 0 unspecified atom stereocenters. The second kappa shape index (κ2) is 9.90. The standard InChI is InChI=1S/C14H21F2N3.HI/c1-10(2)5-7-18-14(17)19-8-6-11-9-12(15)3-4-13(11)16;/h3-4,9-10H,5-8H2,1-2H3,(H3,17,18,19);1H. The summed E-state index contributed by atoms with van der Waals surface area (Å²) in [5.74, 6) is 0.0869. The summed E-state index contributed by atoms with van der Waals surface area (Å²) in [6, 6.07) is 3.43. The fraction of sp³-hybridized carbons (Fsp3) is 0.500. The number of aliphatic imine (C=N–C) groups is 1. The lowest BCUT2D eigenvalue weighted by Crippen LogP contribution is -2.33. The maximum Gasteiger partial charge on any atom is 0.188 e. The first kappa shape index (κ1) is 19.1. The summed E-state index contributed by atoms with van der Waals surface area (Å²) in [6.45, 7) is 5.33. The van der Waals surface area contributed by atoms with Crippen molar-refractivity contribution in [1.29, 1.82) is 0 Å². The van der Waals surface area contributed by atoms with E-state index in [2.05, 4.69) is 24.2 Å². The Morgan fingerprint density at radius 3 is 2.70 bits per heavy atom. The molecule has 0 aliphatic heterocycles. The highest BCUT2D eigenvalue weighted by atomic mass is 127. The fourth-order valence-corrected chi connectivity index (χ4v) is 1.56. The van der Waals surface area contributed by atoms with Gasteiger partial charge in [0.05, 0.1) is 0 Å². The molecule has 0 amide bonds. The molecule has 1 aromatic carbocycles. The molecule has 0 bridgehead atoms. The van der Waals surface area contributed by atoms with Gasteiger partial charge < -0.3 is 11.1 Å². The van der Waals surface area contributed by atoms with E-state index in [1.54, 1.807) is 0 Å². The van der Waals surface area contributed by atoms with Crippen molar-refractivity contribution >= 4 is 29.9 Å². The third-order valence-electron chi connectivity index (χ3n) is 2.70. The summed E-state index contributed by atoms with van der Waals surface area (Å²) in [4.78, 5) is 4.15. The van der Waals surface area contributed by atoms with E-state index in [1.165, 1.54) is 6.07 Å². The molecule has 0 fully saturated rings. The van der Waals surface area contributed by atoms with Gasteiger partial charge in [0.1, 0.15) is 11.6 Å². The second-order valence-corrected chi connectivity index (χ2v) is 4.86. The van der Waals surface area contributed by atoms with Gasteiger partial charge in [0.2, 0.25) is 0 Å². The van der Waals surface area contributed by atoms with Crippen LogP contribution in [0.5, 0.6) is 0 Å². The maximum absolute atomic E-state index is 13.3. The third-order valence-corrected chi connectivity index (χ3v) is 2.70. The van der Waals surface area contributed by atoms with Crippen molar-refractivity contribution < 1.29 is 8.78 Å². The molecule has 0 heterocycles. The molecule has 0 spiro atoms. The first-order valence-electron chi connectivity index (χ1n) is 6.46. The Bertz CT molecular complexity index is 436. The Morgan fingerprint density at radius 1 is 1.35 bits per heavy atom. The summed E-state index contributed by atoms with van der Waals surface area (Å²) in [7, 11) is 0. The van der Waals surface area contributed by atoms with Gasteiger partial charge in [-0.2, -0.15) is 0 Å². The number of hydrogen-bond donors (Lipinski definition) is 2. The Balaban J connectivity index is 0.00000361. The van der Waals surface area contributed by atoms with Crippen LogP contribution in [0.2, 0.25) is 0 Å². The predicted molar refractivity (Wildman–Crippen MR) is 89.4 cm³/mol. The summed E-state index contributed by atoms with van der Waals surface area (Å²) in [6.07, 6.45) is 1.34. The molecule has 1 rings (SSSR count). The van der Waals surface area contributed by atoms with Gasteiger partial charge in [-0.05, 0) is 42.5 Å². The lowest BCUT2D eigenvalue weighted by molar-refractivity contribution is 0.582. The Hall–Kier alpha value is -0.920. The average Bonchev–Trinajstić information content (AvgIpc) is 2.33. The van der Waals surface area contributed by atoms with Crippen molar-refractivity contribution in [1.82, 2.24) is 5.32 Å². The Kier molecular flexibility index (Phi) is 9.45. The summed E-state index contributed by atoms with van der Waals surface area (Å²) < 4.78 is 26.3. The number of nitrogens with two attached hydrogens (primary N) is 1. The molecule has 0 saturated carbocycles. The molecule has 0 saturated heterocycles. The second-order valence-electron chi connectivity index (χ2n) is 4.86. The van der Waals surface area contributed by atoms with Gasteiger partial charge in [-0.1, -0.05) is 13.8 Å². The smallest absolute Gasteiger partial charge is 0.188 e. The number of nitrogens with zero attached hydrogens (tertiary/aromatic N) is 1. The molecule has 114 valence electrons. The minimum Gasteiger partial charge on any atom is -0.370 e. The molecule has 6 heteroatoms. The zero-order valence-electron chi connectivity index (χ0n) is 11.8. The van der Waals surface area contributed by atoms with Crippen LogP contribution in [0.1, 0.15) is 25.8 Å². The zero-order chi connectivity index (χ0) is 14.3. The van der Waals surface area contributed by atoms with E-state index < -0.39 is 11.6 Å². The van der Waals surface area contributed by atoms with E-state index in [0.717, 1.165) is 18.6 Å². The predicted octanol–water partition coefficient (Wildman–Crippen LogP) is 3.08. The van der Waals surface area contributed by atoms with Gasteiger partial charge in [-0.3, -0.25) is 4.99 Å². The Morgan fingerprint density at radius 2 is 2.05 bits per heavy atom. The first-order chi connectivity index (χ1) is 8.99.